The molecule has 28 heavy (non-hydrogen) atoms. The van der Waals surface area contributed by atoms with Gasteiger partial charge in [-0.25, -0.2) is 0 Å². The fourth-order valence-corrected chi connectivity index (χ4v) is 3.85. The molecule has 2 aromatic heterocycles. The molecule has 1 amide bonds. The van der Waals surface area contributed by atoms with Crippen molar-refractivity contribution in [3.8, 4) is 11.6 Å². The zero-order valence-corrected chi connectivity index (χ0v) is 17.0. The Labute approximate surface area is 167 Å². The molecule has 0 unspecified atom stereocenters. The van der Waals surface area contributed by atoms with Crippen LogP contribution in [0.4, 0.5) is 0 Å². The molecular formula is C18H24N4O5S. The Morgan fingerprint density at radius 3 is 2.68 bits per heavy atom. The Morgan fingerprint density at radius 2 is 2.04 bits per heavy atom. The average Bonchev–Trinajstić information content (AvgIpc) is 3.32. The van der Waals surface area contributed by atoms with Gasteiger partial charge in [-0.05, 0) is 32.9 Å². The molecule has 0 bridgehead atoms. The smallest absolute Gasteiger partial charge is 0.316 e. The Hall–Kier alpha value is -2.33. The molecule has 1 saturated heterocycles. The maximum absolute atomic E-state index is 12.3. The molecule has 0 radical (unpaired) electrons. The first-order valence-corrected chi connectivity index (χ1v) is 10.1. The van der Waals surface area contributed by atoms with Gasteiger partial charge in [0.05, 0.1) is 24.2 Å². The first-order valence-electron chi connectivity index (χ1n) is 9.16. The summed E-state index contributed by atoms with van der Waals surface area (Å²) in [7, 11) is 0. The minimum absolute atomic E-state index is 0.0253. The summed E-state index contributed by atoms with van der Waals surface area (Å²) in [4.78, 5) is 26.0. The van der Waals surface area contributed by atoms with E-state index in [0.717, 1.165) is 0 Å². The zero-order chi connectivity index (χ0) is 20.1. The van der Waals surface area contributed by atoms with Gasteiger partial charge in [0, 0.05) is 19.6 Å². The second-order valence-electron chi connectivity index (χ2n) is 6.53. The molecule has 0 spiro atoms. The van der Waals surface area contributed by atoms with Crippen molar-refractivity contribution in [2.75, 3.05) is 25.4 Å². The molecule has 1 aliphatic rings. The van der Waals surface area contributed by atoms with Crippen LogP contribution in [0.2, 0.25) is 0 Å². The lowest BCUT2D eigenvalue weighted by Crippen LogP contribution is -2.49. The van der Waals surface area contributed by atoms with Crippen molar-refractivity contribution in [3.63, 3.8) is 0 Å². The summed E-state index contributed by atoms with van der Waals surface area (Å²) in [6.45, 7) is 7.17. The highest BCUT2D eigenvalue weighted by Gasteiger charge is 2.26. The topological polar surface area (TPSA) is 99.7 Å². The van der Waals surface area contributed by atoms with Gasteiger partial charge in [0.1, 0.15) is 0 Å². The van der Waals surface area contributed by atoms with Gasteiger partial charge in [-0.15, -0.1) is 10.2 Å². The molecule has 152 valence electrons. The molecule has 2 aromatic rings. The first-order chi connectivity index (χ1) is 13.5. The number of rotatable bonds is 7. The largest absolute Gasteiger partial charge is 0.461 e. The number of morpholine rings is 1. The van der Waals surface area contributed by atoms with E-state index in [1.807, 2.05) is 25.3 Å². The number of hydrogen-bond acceptors (Lipinski definition) is 8. The van der Waals surface area contributed by atoms with Crippen molar-refractivity contribution < 1.29 is 23.5 Å². The molecule has 0 aliphatic carbocycles. The SMILES string of the molecule is CCn1c(SCC(=O)OCC(=O)N2C[C@H](C)O[C@@H](C)C2)nnc1-c1ccco1. The van der Waals surface area contributed by atoms with Gasteiger partial charge < -0.3 is 18.8 Å². The van der Waals surface area contributed by atoms with Gasteiger partial charge in [0.15, 0.2) is 23.3 Å². The maximum atomic E-state index is 12.3. The van der Waals surface area contributed by atoms with E-state index in [0.29, 0.717) is 36.4 Å². The molecule has 1 aliphatic heterocycles. The van der Waals surface area contributed by atoms with Crippen LogP contribution in [0.25, 0.3) is 11.6 Å². The van der Waals surface area contributed by atoms with Gasteiger partial charge in [0.25, 0.3) is 5.91 Å². The molecule has 3 heterocycles. The third-order valence-corrected chi connectivity index (χ3v) is 5.16. The van der Waals surface area contributed by atoms with Crippen LogP contribution in [0.5, 0.6) is 0 Å². The number of thioether (sulfide) groups is 1. The molecule has 2 atom stereocenters. The van der Waals surface area contributed by atoms with E-state index in [-0.39, 0.29) is 30.5 Å². The van der Waals surface area contributed by atoms with Crippen LogP contribution in [0.15, 0.2) is 28.0 Å². The molecule has 9 nitrogen and oxygen atoms in total. The number of aromatic nitrogens is 3. The van der Waals surface area contributed by atoms with Crippen molar-refractivity contribution in [2.45, 2.75) is 44.7 Å². The number of hydrogen-bond donors (Lipinski definition) is 0. The highest BCUT2D eigenvalue weighted by molar-refractivity contribution is 7.99. The third-order valence-electron chi connectivity index (χ3n) is 4.22. The minimum Gasteiger partial charge on any atom is -0.461 e. The summed E-state index contributed by atoms with van der Waals surface area (Å²) in [5, 5.41) is 8.84. The summed E-state index contributed by atoms with van der Waals surface area (Å²) >= 11 is 1.21. The maximum Gasteiger partial charge on any atom is 0.316 e. The number of carbonyl (C=O) groups excluding carboxylic acids is 2. The fraction of sp³-hybridized carbons (Fsp3) is 0.556. The van der Waals surface area contributed by atoms with E-state index in [1.54, 1.807) is 23.3 Å². The summed E-state index contributed by atoms with van der Waals surface area (Å²) < 4.78 is 18.0. The molecule has 10 heteroatoms. The van der Waals surface area contributed by atoms with E-state index in [4.69, 9.17) is 13.9 Å². The number of ether oxygens (including phenoxy) is 2. The second-order valence-corrected chi connectivity index (χ2v) is 7.48. The predicted octanol–water partition coefficient (Wildman–Crippen LogP) is 1.83. The van der Waals surface area contributed by atoms with Crippen molar-refractivity contribution in [2.24, 2.45) is 0 Å². The lowest BCUT2D eigenvalue weighted by molar-refractivity contribution is -0.155. The third kappa shape index (κ3) is 4.93. The van der Waals surface area contributed by atoms with Crippen molar-refractivity contribution >= 4 is 23.6 Å². The lowest BCUT2D eigenvalue weighted by atomic mass is 10.2. The van der Waals surface area contributed by atoms with Crippen LogP contribution < -0.4 is 0 Å². The summed E-state index contributed by atoms with van der Waals surface area (Å²) in [5.74, 6) is 0.576. The number of amides is 1. The summed E-state index contributed by atoms with van der Waals surface area (Å²) in [6.07, 6.45) is 1.52. The van der Waals surface area contributed by atoms with Crippen molar-refractivity contribution in [1.29, 1.82) is 0 Å². The summed E-state index contributed by atoms with van der Waals surface area (Å²) in [5.41, 5.74) is 0. The predicted molar refractivity (Wildman–Crippen MR) is 102 cm³/mol. The highest BCUT2D eigenvalue weighted by atomic mass is 32.2. The van der Waals surface area contributed by atoms with Gasteiger partial charge in [-0.1, -0.05) is 11.8 Å². The van der Waals surface area contributed by atoms with E-state index in [9.17, 15) is 9.59 Å². The van der Waals surface area contributed by atoms with E-state index >= 15 is 0 Å². The highest BCUT2D eigenvalue weighted by Crippen LogP contribution is 2.24. The van der Waals surface area contributed by atoms with Crippen LogP contribution >= 0.6 is 11.8 Å². The van der Waals surface area contributed by atoms with Crippen LogP contribution in [-0.4, -0.2) is 69.2 Å². The van der Waals surface area contributed by atoms with Crippen molar-refractivity contribution in [3.05, 3.63) is 18.4 Å². The second kappa shape index (κ2) is 9.24. The number of esters is 1. The number of nitrogens with zero attached hydrogens (tertiary/aromatic N) is 4. The molecule has 3 rings (SSSR count). The Morgan fingerprint density at radius 1 is 1.29 bits per heavy atom. The normalized spacial score (nSPS) is 19.6. The van der Waals surface area contributed by atoms with E-state index in [2.05, 4.69) is 10.2 Å². The van der Waals surface area contributed by atoms with Gasteiger partial charge >= 0.3 is 5.97 Å². The number of carbonyl (C=O) groups is 2. The van der Waals surface area contributed by atoms with Crippen LogP contribution in [0.1, 0.15) is 20.8 Å². The van der Waals surface area contributed by atoms with E-state index in [1.165, 1.54) is 11.8 Å². The van der Waals surface area contributed by atoms with Crippen LogP contribution in [0, 0.1) is 0 Å². The van der Waals surface area contributed by atoms with E-state index < -0.39 is 5.97 Å². The molecule has 0 aromatic carbocycles. The standard InChI is InChI=1S/C18H24N4O5S/c1-4-22-17(14-6-5-7-25-14)19-20-18(22)28-11-16(24)26-10-15(23)21-8-12(2)27-13(3)9-21/h5-7,12-13H,4,8-11H2,1-3H3/t12-,13-/m0/s1. The molecule has 0 N–H and O–H groups in total. The fourth-order valence-electron chi connectivity index (χ4n) is 3.05. The lowest BCUT2D eigenvalue weighted by Gasteiger charge is -2.35. The quantitative estimate of drug-likeness (QED) is 0.505. The molecule has 0 saturated carbocycles. The van der Waals surface area contributed by atoms with Crippen LogP contribution in [0.3, 0.4) is 0 Å². The van der Waals surface area contributed by atoms with Crippen LogP contribution in [-0.2, 0) is 25.6 Å². The van der Waals surface area contributed by atoms with Gasteiger partial charge in [0.2, 0.25) is 0 Å². The molecule has 1 fully saturated rings. The Kier molecular flexibility index (Phi) is 6.74. The zero-order valence-electron chi connectivity index (χ0n) is 16.2. The van der Waals surface area contributed by atoms with Gasteiger partial charge in [-0.3, -0.25) is 14.2 Å². The first kappa shape index (κ1) is 20.4. The summed E-state index contributed by atoms with van der Waals surface area (Å²) in [6, 6.07) is 3.58. The average molecular weight is 408 g/mol. The van der Waals surface area contributed by atoms with Gasteiger partial charge in [-0.2, -0.15) is 0 Å². The Bertz CT molecular complexity index is 797. The van der Waals surface area contributed by atoms with Crippen molar-refractivity contribution in [1.82, 2.24) is 19.7 Å². The monoisotopic (exact) mass is 408 g/mol. The Balaban J connectivity index is 1.49. The number of furan rings is 1. The minimum atomic E-state index is -0.474. The molecular weight excluding hydrogens is 384 g/mol.